The molecule has 0 saturated heterocycles. The fourth-order valence-electron chi connectivity index (χ4n) is 4.00. The Morgan fingerprint density at radius 3 is 2.82 bits per heavy atom. The van der Waals surface area contributed by atoms with E-state index in [-0.39, 0.29) is 18.8 Å². The molecular weight excluding hydrogens is 356 g/mol. The first-order valence-corrected chi connectivity index (χ1v) is 9.79. The van der Waals surface area contributed by atoms with Crippen molar-refractivity contribution in [1.82, 2.24) is 9.97 Å². The second-order valence-electron chi connectivity index (χ2n) is 7.63. The number of fused-ring (bicyclic) bond motifs is 1. The van der Waals surface area contributed by atoms with Crippen LogP contribution in [-0.2, 0) is 11.2 Å². The van der Waals surface area contributed by atoms with Gasteiger partial charge in [0.2, 0.25) is 5.88 Å². The number of aliphatic hydroxyl groups is 1. The number of nitrogens with zero attached hydrogens (tertiary/aromatic N) is 3. The maximum absolute atomic E-state index is 9.54. The van der Waals surface area contributed by atoms with Gasteiger partial charge in [-0.25, -0.2) is 4.98 Å². The van der Waals surface area contributed by atoms with Crippen molar-refractivity contribution in [2.24, 2.45) is 11.7 Å². The Balaban J connectivity index is 1.75. The number of methoxy groups -OCH3 is 1. The molecule has 2 aromatic rings. The van der Waals surface area contributed by atoms with Gasteiger partial charge in [-0.1, -0.05) is 0 Å². The molecule has 0 radical (unpaired) electrons. The highest BCUT2D eigenvalue weighted by Gasteiger charge is 2.31. The lowest BCUT2D eigenvalue weighted by Gasteiger charge is -2.36. The summed E-state index contributed by atoms with van der Waals surface area (Å²) < 4.78 is 10.7. The topological polar surface area (TPSA) is 114 Å². The van der Waals surface area contributed by atoms with Crippen molar-refractivity contribution in [1.29, 1.82) is 5.26 Å². The minimum atomic E-state index is -0.201. The predicted molar refractivity (Wildman–Crippen MR) is 106 cm³/mol. The molecule has 2 aromatic heterocycles. The van der Waals surface area contributed by atoms with Gasteiger partial charge in [0.05, 0.1) is 29.8 Å². The number of aromatic nitrogens is 2. The first kappa shape index (κ1) is 20.5. The normalized spacial score (nSPS) is 22.1. The van der Waals surface area contributed by atoms with E-state index in [1.54, 1.807) is 19.4 Å². The van der Waals surface area contributed by atoms with Gasteiger partial charge < -0.3 is 20.3 Å². The highest BCUT2D eigenvalue weighted by Crippen LogP contribution is 2.34. The van der Waals surface area contributed by atoms with Crippen LogP contribution in [0.5, 0.6) is 5.88 Å². The molecule has 0 aromatic carbocycles. The van der Waals surface area contributed by atoms with Crippen LogP contribution >= 0.6 is 0 Å². The Kier molecular flexibility index (Phi) is 6.79. The largest absolute Gasteiger partial charge is 0.475 e. The van der Waals surface area contributed by atoms with Gasteiger partial charge in [-0.3, -0.25) is 4.98 Å². The molecule has 28 heavy (non-hydrogen) atoms. The van der Waals surface area contributed by atoms with Gasteiger partial charge in [-0.15, -0.1) is 0 Å². The first-order valence-electron chi connectivity index (χ1n) is 9.79. The van der Waals surface area contributed by atoms with E-state index in [4.69, 9.17) is 20.3 Å². The average molecular weight is 384 g/mol. The molecule has 3 rings (SSSR count). The molecule has 150 valence electrons. The Morgan fingerprint density at radius 2 is 2.14 bits per heavy atom. The van der Waals surface area contributed by atoms with Crippen molar-refractivity contribution in [2.75, 3.05) is 26.9 Å². The molecule has 0 amide bonds. The van der Waals surface area contributed by atoms with Gasteiger partial charge in [0.15, 0.2) is 0 Å². The van der Waals surface area contributed by atoms with E-state index in [1.807, 2.05) is 6.07 Å². The number of pyridine rings is 2. The third-order valence-corrected chi connectivity index (χ3v) is 5.59. The summed E-state index contributed by atoms with van der Waals surface area (Å²) in [6.07, 6.45) is 7.45. The van der Waals surface area contributed by atoms with Crippen molar-refractivity contribution in [3.63, 3.8) is 0 Å². The SMILES string of the molecule is COCC1(N)CCC(CCc2c(C#N)cnc3ccc(OCCO)nc23)CC1. The van der Waals surface area contributed by atoms with Gasteiger partial charge in [-0.05, 0) is 56.1 Å². The second kappa shape index (κ2) is 9.28. The molecule has 0 atom stereocenters. The molecule has 0 spiro atoms. The van der Waals surface area contributed by atoms with Crippen LogP contribution in [-0.4, -0.2) is 47.5 Å². The fraction of sp³-hybridized carbons (Fsp3) is 0.571. The summed E-state index contributed by atoms with van der Waals surface area (Å²) in [5.41, 5.74) is 9.13. The predicted octanol–water partition coefficient (Wildman–Crippen LogP) is 2.34. The summed E-state index contributed by atoms with van der Waals surface area (Å²) in [7, 11) is 1.70. The van der Waals surface area contributed by atoms with Crippen LogP contribution in [0.25, 0.3) is 11.0 Å². The molecule has 0 bridgehead atoms. The van der Waals surface area contributed by atoms with Crippen LogP contribution in [0.1, 0.15) is 43.2 Å². The molecule has 3 N–H and O–H groups in total. The van der Waals surface area contributed by atoms with E-state index in [0.29, 0.717) is 29.5 Å². The lowest BCUT2D eigenvalue weighted by molar-refractivity contribution is 0.0937. The molecule has 1 fully saturated rings. The molecule has 1 aliphatic carbocycles. The van der Waals surface area contributed by atoms with Gasteiger partial charge in [0.25, 0.3) is 0 Å². The minimum absolute atomic E-state index is 0.0730. The summed E-state index contributed by atoms with van der Waals surface area (Å²) in [6.45, 7) is 0.716. The molecule has 0 unspecified atom stereocenters. The fourth-order valence-corrected chi connectivity index (χ4v) is 4.00. The minimum Gasteiger partial charge on any atom is -0.475 e. The van der Waals surface area contributed by atoms with Crippen molar-refractivity contribution < 1.29 is 14.6 Å². The average Bonchev–Trinajstić information content (AvgIpc) is 2.71. The molecule has 2 heterocycles. The number of ether oxygens (including phenoxy) is 2. The maximum Gasteiger partial charge on any atom is 0.213 e. The summed E-state index contributed by atoms with van der Waals surface area (Å²) in [4.78, 5) is 8.90. The van der Waals surface area contributed by atoms with E-state index in [2.05, 4.69) is 16.0 Å². The third-order valence-electron chi connectivity index (χ3n) is 5.59. The lowest BCUT2D eigenvalue weighted by Crippen LogP contribution is -2.47. The summed E-state index contributed by atoms with van der Waals surface area (Å²) in [6, 6.07) is 5.82. The quantitative estimate of drug-likeness (QED) is 0.718. The van der Waals surface area contributed by atoms with Crippen LogP contribution in [0.15, 0.2) is 18.3 Å². The highest BCUT2D eigenvalue weighted by molar-refractivity contribution is 5.80. The molecular formula is C21H28N4O3. The van der Waals surface area contributed by atoms with Crippen molar-refractivity contribution in [3.8, 4) is 11.9 Å². The Morgan fingerprint density at radius 1 is 1.36 bits per heavy atom. The van der Waals surface area contributed by atoms with E-state index in [0.717, 1.165) is 49.6 Å². The number of rotatable bonds is 8. The Hall–Kier alpha value is -2.27. The van der Waals surface area contributed by atoms with Crippen LogP contribution in [0.3, 0.4) is 0 Å². The van der Waals surface area contributed by atoms with Crippen LogP contribution in [0, 0.1) is 17.2 Å². The third kappa shape index (κ3) is 4.76. The van der Waals surface area contributed by atoms with Crippen molar-refractivity contribution >= 4 is 11.0 Å². The summed E-state index contributed by atoms with van der Waals surface area (Å²) in [5.74, 6) is 1.02. The van der Waals surface area contributed by atoms with Crippen LogP contribution < -0.4 is 10.5 Å². The number of aliphatic hydroxyl groups excluding tert-OH is 1. The van der Waals surface area contributed by atoms with Gasteiger partial charge in [-0.2, -0.15) is 5.26 Å². The lowest BCUT2D eigenvalue weighted by atomic mass is 9.75. The number of hydrogen-bond acceptors (Lipinski definition) is 7. The number of aryl methyl sites for hydroxylation is 1. The van der Waals surface area contributed by atoms with Crippen molar-refractivity contribution in [2.45, 2.75) is 44.1 Å². The molecule has 7 nitrogen and oxygen atoms in total. The zero-order chi connectivity index (χ0) is 20.0. The van der Waals surface area contributed by atoms with Crippen LogP contribution in [0.2, 0.25) is 0 Å². The smallest absolute Gasteiger partial charge is 0.213 e. The Labute approximate surface area is 165 Å². The standard InChI is InChI=1S/C21H28N4O3/c1-27-14-21(23)8-6-15(7-9-21)2-3-17-16(12-22)13-24-18-4-5-19(25-20(17)18)28-11-10-26/h4-5,13,15,26H,2-3,6-11,14,23H2,1H3. The number of hydrogen-bond donors (Lipinski definition) is 2. The zero-order valence-electron chi connectivity index (χ0n) is 16.4. The van der Waals surface area contributed by atoms with Gasteiger partial charge in [0, 0.05) is 24.9 Å². The summed E-state index contributed by atoms with van der Waals surface area (Å²) in [5, 5.41) is 18.5. The Bertz CT molecular complexity index is 841. The highest BCUT2D eigenvalue weighted by atomic mass is 16.5. The second-order valence-corrected chi connectivity index (χ2v) is 7.63. The van der Waals surface area contributed by atoms with Gasteiger partial charge in [0.1, 0.15) is 12.7 Å². The molecule has 7 heteroatoms. The molecule has 1 aliphatic rings. The first-order chi connectivity index (χ1) is 13.6. The van der Waals surface area contributed by atoms with E-state index in [1.165, 1.54) is 0 Å². The number of nitrogens with two attached hydrogens (primary N) is 1. The maximum atomic E-state index is 9.54. The molecule has 0 aliphatic heterocycles. The molecule has 1 saturated carbocycles. The number of nitriles is 1. The van der Waals surface area contributed by atoms with E-state index < -0.39 is 0 Å². The van der Waals surface area contributed by atoms with Crippen LogP contribution in [0.4, 0.5) is 0 Å². The van der Waals surface area contributed by atoms with Crippen molar-refractivity contribution in [3.05, 3.63) is 29.5 Å². The summed E-state index contributed by atoms with van der Waals surface area (Å²) >= 11 is 0. The monoisotopic (exact) mass is 384 g/mol. The zero-order valence-corrected chi connectivity index (χ0v) is 16.4. The van der Waals surface area contributed by atoms with E-state index in [9.17, 15) is 5.26 Å². The van der Waals surface area contributed by atoms with E-state index >= 15 is 0 Å². The van der Waals surface area contributed by atoms with Gasteiger partial charge >= 0.3 is 0 Å².